The first kappa shape index (κ1) is 19.7. The number of phenols is 1. The average Bonchev–Trinajstić information content (AvgIpc) is 2.94. The summed E-state index contributed by atoms with van der Waals surface area (Å²) in [5.74, 6) is -0.931. The van der Waals surface area contributed by atoms with Crippen molar-refractivity contribution in [2.45, 2.75) is 0 Å². The van der Waals surface area contributed by atoms with Gasteiger partial charge in [-0.2, -0.15) is 0 Å². The predicted molar refractivity (Wildman–Crippen MR) is 110 cm³/mol. The van der Waals surface area contributed by atoms with Gasteiger partial charge in [-0.15, -0.1) is 0 Å². The number of anilines is 1. The van der Waals surface area contributed by atoms with E-state index in [4.69, 9.17) is 26.8 Å². The van der Waals surface area contributed by atoms with Crippen LogP contribution >= 0.6 is 24.0 Å². The van der Waals surface area contributed by atoms with Crippen LogP contribution in [0.4, 0.5) is 5.69 Å². The lowest BCUT2D eigenvalue weighted by molar-refractivity contribution is -0.113. The Morgan fingerprint density at radius 2 is 1.93 bits per heavy atom. The minimum atomic E-state index is -1.26. The molecular formula is C19H15NO6S2. The van der Waals surface area contributed by atoms with E-state index in [1.54, 1.807) is 31.4 Å². The molecule has 2 aromatic rings. The Balaban J connectivity index is 1.95. The van der Waals surface area contributed by atoms with Crippen molar-refractivity contribution >= 4 is 51.9 Å². The standard InChI is InChI=1S/C19H15NO6S2/c1-25-12-5-3-10(15(9-12)26-2)7-16-17(22)20(19(27)28-16)11-4-6-13(18(23)24)14(21)8-11/h3-9,21H,1-2H3,(H,23,24)/b16-7+. The molecule has 0 aliphatic carbocycles. The number of carboxylic acids is 1. The second kappa shape index (κ2) is 7.91. The van der Waals surface area contributed by atoms with Crippen molar-refractivity contribution in [1.29, 1.82) is 0 Å². The van der Waals surface area contributed by atoms with Gasteiger partial charge in [-0.25, -0.2) is 4.79 Å². The maximum absolute atomic E-state index is 12.9. The minimum absolute atomic E-state index is 0.257. The normalized spacial score (nSPS) is 15.2. The van der Waals surface area contributed by atoms with Crippen LogP contribution in [0.3, 0.4) is 0 Å². The molecule has 1 amide bonds. The summed E-state index contributed by atoms with van der Waals surface area (Å²) in [6, 6.07) is 9.06. The van der Waals surface area contributed by atoms with E-state index in [9.17, 15) is 14.7 Å². The molecule has 0 saturated carbocycles. The predicted octanol–water partition coefficient (Wildman–Crippen LogP) is 3.51. The number of nitrogens with zero attached hydrogens (tertiary/aromatic N) is 1. The molecule has 1 aliphatic heterocycles. The second-order valence-electron chi connectivity index (χ2n) is 5.63. The molecule has 2 N–H and O–H groups in total. The summed E-state index contributed by atoms with van der Waals surface area (Å²) in [5, 5.41) is 18.9. The van der Waals surface area contributed by atoms with Gasteiger partial charge in [0, 0.05) is 17.7 Å². The van der Waals surface area contributed by atoms with Crippen LogP contribution in [-0.4, -0.2) is 40.6 Å². The first-order valence-corrected chi connectivity index (χ1v) is 9.14. The molecule has 0 atom stereocenters. The Morgan fingerprint density at radius 3 is 2.54 bits per heavy atom. The van der Waals surface area contributed by atoms with Crippen molar-refractivity contribution < 1.29 is 29.3 Å². The topological polar surface area (TPSA) is 96.3 Å². The average molecular weight is 417 g/mol. The summed E-state index contributed by atoms with van der Waals surface area (Å²) >= 11 is 6.40. The number of hydrogen-bond acceptors (Lipinski definition) is 7. The molecular weight excluding hydrogens is 402 g/mol. The molecule has 2 aromatic carbocycles. The van der Waals surface area contributed by atoms with E-state index in [0.717, 1.165) is 11.8 Å². The maximum Gasteiger partial charge on any atom is 0.339 e. The zero-order valence-corrected chi connectivity index (χ0v) is 16.5. The third kappa shape index (κ3) is 3.67. The highest BCUT2D eigenvalue weighted by molar-refractivity contribution is 8.27. The first-order valence-electron chi connectivity index (χ1n) is 7.92. The number of thioether (sulfide) groups is 1. The third-order valence-electron chi connectivity index (χ3n) is 3.99. The number of ether oxygens (including phenoxy) is 2. The zero-order valence-electron chi connectivity index (χ0n) is 14.8. The molecule has 0 unspecified atom stereocenters. The van der Waals surface area contributed by atoms with Crippen LogP contribution in [0.2, 0.25) is 0 Å². The Hall–Kier alpha value is -3.04. The van der Waals surface area contributed by atoms with Crippen LogP contribution in [0.5, 0.6) is 17.2 Å². The smallest absolute Gasteiger partial charge is 0.339 e. The number of carboxylic acid groups (broad SMARTS) is 1. The second-order valence-corrected chi connectivity index (χ2v) is 7.31. The lowest BCUT2D eigenvalue weighted by Gasteiger charge is -2.15. The SMILES string of the molecule is COc1ccc(/C=C2/SC(=S)N(c3ccc(C(=O)O)c(O)c3)C2=O)c(OC)c1. The van der Waals surface area contributed by atoms with Gasteiger partial charge in [-0.3, -0.25) is 9.69 Å². The van der Waals surface area contributed by atoms with E-state index in [2.05, 4.69) is 0 Å². The number of aromatic carboxylic acids is 1. The quantitative estimate of drug-likeness (QED) is 0.564. The van der Waals surface area contributed by atoms with Crippen LogP contribution in [0.1, 0.15) is 15.9 Å². The molecule has 1 saturated heterocycles. The number of benzene rings is 2. The van der Waals surface area contributed by atoms with Gasteiger partial charge in [0.25, 0.3) is 5.91 Å². The van der Waals surface area contributed by atoms with E-state index in [0.29, 0.717) is 22.0 Å². The molecule has 3 rings (SSSR count). The number of thiocarbonyl (C=S) groups is 1. The monoisotopic (exact) mass is 417 g/mol. The lowest BCUT2D eigenvalue weighted by Crippen LogP contribution is -2.27. The van der Waals surface area contributed by atoms with Crippen molar-refractivity contribution in [3.8, 4) is 17.2 Å². The number of carbonyl (C=O) groups is 2. The highest BCUT2D eigenvalue weighted by atomic mass is 32.2. The summed E-state index contributed by atoms with van der Waals surface area (Å²) in [6.45, 7) is 0. The molecule has 0 radical (unpaired) electrons. The Labute approximate surface area is 170 Å². The zero-order chi connectivity index (χ0) is 20.4. The fourth-order valence-corrected chi connectivity index (χ4v) is 3.90. The number of amides is 1. The van der Waals surface area contributed by atoms with Crippen LogP contribution < -0.4 is 14.4 Å². The molecule has 28 heavy (non-hydrogen) atoms. The maximum atomic E-state index is 12.9. The van der Waals surface area contributed by atoms with Gasteiger partial charge < -0.3 is 19.7 Å². The Bertz CT molecular complexity index is 1020. The molecule has 1 fully saturated rings. The van der Waals surface area contributed by atoms with E-state index in [1.807, 2.05) is 0 Å². The van der Waals surface area contributed by atoms with Crippen LogP contribution in [-0.2, 0) is 4.79 Å². The molecule has 0 bridgehead atoms. The summed E-state index contributed by atoms with van der Waals surface area (Å²) < 4.78 is 10.8. The van der Waals surface area contributed by atoms with Crippen molar-refractivity contribution in [2.75, 3.05) is 19.1 Å². The largest absolute Gasteiger partial charge is 0.507 e. The van der Waals surface area contributed by atoms with Gasteiger partial charge in [-0.1, -0.05) is 24.0 Å². The van der Waals surface area contributed by atoms with Crippen LogP contribution in [0.25, 0.3) is 6.08 Å². The summed E-state index contributed by atoms with van der Waals surface area (Å²) in [4.78, 5) is 25.5. The summed E-state index contributed by atoms with van der Waals surface area (Å²) in [6.07, 6.45) is 1.66. The number of carbonyl (C=O) groups excluding carboxylic acids is 1. The Morgan fingerprint density at radius 1 is 1.18 bits per heavy atom. The molecule has 0 spiro atoms. The highest BCUT2D eigenvalue weighted by Crippen LogP contribution is 2.38. The molecule has 1 heterocycles. The fraction of sp³-hybridized carbons (Fsp3) is 0.105. The molecule has 0 aromatic heterocycles. The van der Waals surface area contributed by atoms with E-state index in [1.165, 1.54) is 30.2 Å². The van der Waals surface area contributed by atoms with Gasteiger partial charge in [0.2, 0.25) is 0 Å². The lowest BCUT2D eigenvalue weighted by atomic mass is 10.1. The van der Waals surface area contributed by atoms with Crippen LogP contribution in [0, 0.1) is 0 Å². The van der Waals surface area contributed by atoms with Crippen LogP contribution in [0.15, 0.2) is 41.3 Å². The van der Waals surface area contributed by atoms with E-state index >= 15 is 0 Å². The third-order valence-corrected chi connectivity index (χ3v) is 5.29. The number of methoxy groups -OCH3 is 2. The summed E-state index contributed by atoms with van der Waals surface area (Å²) in [5.41, 5.74) is 0.704. The summed E-state index contributed by atoms with van der Waals surface area (Å²) in [7, 11) is 3.06. The number of hydrogen-bond donors (Lipinski definition) is 2. The van der Waals surface area contributed by atoms with Gasteiger partial charge in [-0.05, 0) is 30.3 Å². The Kier molecular flexibility index (Phi) is 5.57. The van der Waals surface area contributed by atoms with Crippen molar-refractivity contribution in [2.24, 2.45) is 0 Å². The van der Waals surface area contributed by atoms with Gasteiger partial charge in [0.05, 0.1) is 24.8 Å². The molecule has 9 heteroatoms. The van der Waals surface area contributed by atoms with Crippen molar-refractivity contribution in [3.05, 3.63) is 52.4 Å². The molecule has 1 aliphatic rings. The van der Waals surface area contributed by atoms with Crippen molar-refractivity contribution in [1.82, 2.24) is 0 Å². The van der Waals surface area contributed by atoms with Crippen molar-refractivity contribution in [3.63, 3.8) is 0 Å². The highest BCUT2D eigenvalue weighted by Gasteiger charge is 2.34. The minimum Gasteiger partial charge on any atom is -0.507 e. The van der Waals surface area contributed by atoms with E-state index < -0.39 is 11.7 Å². The number of aromatic hydroxyl groups is 1. The number of rotatable bonds is 5. The molecule has 144 valence electrons. The van der Waals surface area contributed by atoms with Gasteiger partial charge in [0.15, 0.2) is 4.32 Å². The fourth-order valence-electron chi connectivity index (χ4n) is 2.61. The molecule has 7 nitrogen and oxygen atoms in total. The first-order chi connectivity index (χ1) is 13.3. The van der Waals surface area contributed by atoms with Gasteiger partial charge >= 0.3 is 5.97 Å². The van der Waals surface area contributed by atoms with E-state index in [-0.39, 0.29) is 21.5 Å². The van der Waals surface area contributed by atoms with Gasteiger partial charge in [0.1, 0.15) is 22.8 Å².